The van der Waals surface area contributed by atoms with Crippen molar-refractivity contribution in [3.8, 4) is 5.75 Å². The maximum atomic E-state index is 13.3. The van der Waals surface area contributed by atoms with E-state index in [2.05, 4.69) is 18.4 Å². The molecule has 5 nitrogen and oxygen atoms in total. The molecule has 0 N–H and O–H groups in total. The van der Waals surface area contributed by atoms with Crippen molar-refractivity contribution in [1.29, 1.82) is 0 Å². The Morgan fingerprint density at radius 3 is 2.62 bits per heavy atom. The van der Waals surface area contributed by atoms with Gasteiger partial charge in [-0.3, -0.25) is 9.59 Å². The number of nitrogens with zero attached hydrogens (tertiary/aromatic N) is 2. The van der Waals surface area contributed by atoms with E-state index < -0.39 is 0 Å². The van der Waals surface area contributed by atoms with E-state index in [4.69, 9.17) is 4.74 Å². The van der Waals surface area contributed by atoms with Gasteiger partial charge in [0, 0.05) is 24.4 Å². The van der Waals surface area contributed by atoms with Gasteiger partial charge < -0.3 is 14.5 Å². The fraction of sp³-hybridized carbons (Fsp3) is 0.478. The lowest BCUT2D eigenvalue weighted by Gasteiger charge is -2.37. The molecule has 156 valence electrons. The van der Waals surface area contributed by atoms with E-state index >= 15 is 0 Å². The summed E-state index contributed by atoms with van der Waals surface area (Å²) in [5.74, 6) is 0.855. The van der Waals surface area contributed by atoms with Crippen LogP contribution in [-0.4, -0.2) is 48.4 Å². The smallest absolute Gasteiger partial charge is 0.242 e. The summed E-state index contributed by atoms with van der Waals surface area (Å²) in [6, 6.07) is 9.94. The predicted molar refractivity (Wildman–Crippen MR) is 116 cm³/mol. The standard InChI is InChI=1S/C23H30N2O3S/c1-4-6-13-24(21(26)5-2)16-22(27)25-14-11-20-19(12-15-29-20)23(25)17-7-9-18(28-3)10-8-17/h7-10,12,15,23H,4-6,11,13-14,16H2,1-3H3/t23-/m0/s1. The summed E-state index contributed by atoms with van der Waals surface area (Å²) in [6.07, 6.45) is 3.20. The molecule has 0 bridgehead atoms. The SMILES string of the molecule is CCCCN(CC(=O)N1CCc2sccc2[C@@H]1c1ccc(OC)cc1)C(=O)CC. The summed E-state index contributed by atoms with van der Waals surface area (Å²) in [7, 11) is 1.65. The number of hydrogen-bond donors (Lipinski definition) is 0. The second-order valence-electron chi connectivity index (χ2n) is 7.33. The van der Waals surface area contributed by atoms with Crippen LogP contribution in [0.15, 0.2) is 35.7 Å². The summed E-state index contributed by atoms with van der Waals surface area (Å²) in [6.45, 7) is 5.41. The predicted octanol–water partition coefficient (Wildman–Crippen LogP) is 4.27. The first-order valence-corrected chi connectivity index (χ1v) is 11.2. The summed E-state index contributed by atoms with van der Waals surface area (Å²) >= 11 is 1.75. The minimum absolute atomic E-state index is 0.0144. The number of rotatable bonds is 8. The molecule has 1 aromatic heterocycles. The molecular formula is C23H30N2O3S. The van der Waals surface area contributed by atoms with Gasteiger partial charge in [0.25, 0.3) is 0 Å². The fourth-order valence-electron chi connectivity index (χ4n) is 3.85. The monoisotopic (exact) mass is 414 g/mol. The van der Waals surface area contributed by atoms with E-state index in [0.29, 0.717) is 19.5 Å². The van der Waals surface area contributed by atoms with Gasteiger partial charge in [-0.2, -0.15) is 0 Å². The van der Waals surface area contributed by atoms with E-state index in [-0.39, 0.29) is 24.4 Å². The van der Waals surface area contributed by atoms with Crippen LogP contribution in [-0.2, 0) is 16.0 Å². The molecule has 0 aliphatic carbocycles. The third-order valence-electron chi connectivity index (χ3n) is 5.48. The lowest BCUT2D eigenvalue weighted by Crippen LogP contribution is -2.46. The number of unbranched alkanes of at least 4 members (excludes halogenated alkanes) is 1. The van der Waals surface area contributed by atoms with Gasteiger partial charge in [0.1, 0.15) is 5.75 Å². The summed E-state index contributed by atoms with van der Waals surface area (Å²) in [5, 5.41) is 2.10. The summed E-state index contributed by atoms with van der Waals surface area (Å²) in [4.78, 5) is 30.7. The number of ether oxygens (including phenoxy) is 1. The van der Waals surface area contributed by atoms with Crippen molar-refractivity contribution in [1.82, 2.24) is 9.80 Å². The molecule has 1 atom stereocenters. The molecule has 0 saturated carbocycles. The van der Waals surface area contributed by atoms with Crippen molar-refractivity contribution >= 4 is 23.2 Å². The first kappa shape index (κ1) is 21.4. The van der Waals surface area contributed by atoms with Crippen molar-refractivity contribution in [2.75, 3.05) is 26.7 Å². The van der Waals surface area contributed by atoms with Crippen molar-refractivity contribution < 1.29 is 14.3 Å². The average Bonchev–Trinajstić information content (AvgIpc) is 3.24. The van der Waals surface area contributed by atoms with Crippen molar-refractivity contribution in [2.24, 2.45) is 0 Å². The molecule has 0 saturated heterocycles. The average molecular weight is 415 g/mol. The molecule has 3 rings (SSSR count). The number of methoxy groups -OCH3 is 1. The lowest BCUT2D eigenvalue weighted by atomic mass is 9.93. The van der Waals surface area contributed by atoms with Gasteiger partial charge >= 0.3 is 0 Å². The molecule has 1 aliphatic heterocycles. The minimum Gasteiger partial charge on any atom is -0.497 e. The topological polar surface area (TPSA) is 49.9 Å². The Morgan fingerprint density at radius 2 is 1.97 bits per heavy atom. The Balaban J connectivity index is 1.87. The summed E-state index contributed by atoms with van der Waals surface area (Å²) < 4.78 is 5.29. The maximum Gasteiger partial charge on any atom is 0.242 e. The van der Waals surface area contributed by atoms with Crippen LogP contribution < -0.4 is 4.74 Å². The number of hydrogen-bond acceptors (Lipinski definition) is 4. The minimum atomic E-state index is -0.117. The molecular weight excluding hydrogens is 384 g/mol. The van der Waals surface area contributed by atoms with E-state index in [1.165, 1.54) is 10.4 Å². The fourth-order valence-corrected chi connectivity index (χ4v) is 4.75. The van der Waals surface area contributed by atoms with Crippen molar-refractivity contribution in [3.63, 3.8) is 0 Å². The van der Waals surface area contributed by atoms with Gasteiger partial charge in [0.2, 0.25) is 11.8 Å². The Bertz CT molecular complexity index is 831. The molecule has 2 amide bonds. The lowest BCUT2D eigenvalue weighted by molar-refractivity contribution is -0.141. The molecule has 1 aromatic carbocycles. The van der Waals surface area contributed by atoms with Gasteiger partial charge in [-0.15, -0.1) is 11.3 Å². The molecule has 0 spiro atoms. The number of carbonyl (C=O) groups is 2. The van der Waals surface area contributed by atoms with E-state index in [0.717, 1.165) is 30.6 Å². The number of benzene rings is 1. The number of carbonyl (C=O) groups excluding carboxylic acids is 2. The summed E-state index contributed by atoms with van der Waals surface area (Å²) in [5.41, 5.74) is 2.27. The van der Waals surface area contributed by atoms with Crippen molar-refractivity contribution in [2.45, 2.75) is 45.6 Å². The first-order valence-electron chi connectivity index (χ1n) is 10.4. The molecule has 2 heterocycles. The Morgan fingerprint density at radius 1 is 1.21 bits per heavy atom. The van der Waals surface area contributed by atoms with Crippen LogP contribution in [0, 0.1) is 0 Å². The second kappa shape index (κ2) is 9.92. The molecule has 6 heteroatoms. The van der Waals surface area contributed by atoms with E-state index in [9.17, 15) is 9.59 Å². The van der Waals surface area contributed by atoms with E-state index in [1.807, 2.05) is 36.1 Å². The van der Waals surface area contributed by atoms with Crippen LogP contribution in [0.5, 0.6) is 5.75 Å². The van der Waals surface area contributed by atoms with Crippen LogP contribution in [0.4, 0.5) is 0 Å². The Hall–Kier alpha value is -2.34. The normalized spacial score (nSPS) is 15.7. The zero-order chi connectivity index (χ0) is 20.8. The Kier molecular flexibility index (Phi) is 7.31. The highest BCUT2D eigenvalue weighted by atomic mass is 32.1. The maximum absolute atomic E-state index is 13.3. The van der Waals surface area contributed by atoms with Gasteiger partial charge in [-0.05, 0) is 47.5 Å². The Labute approximate surface area is 177 Å². The quantitative estimate of drug-likeness (QED) is 0.648. The van der Waals surface area contributed by atoms with Crippen LogP contribution in [0.25, 0.3) is 0 Å². The first-order chi connectivity index (χ1) is 14.1. The zero-order valence-electron chi connectivity index (χ0n) is 17.5. The molecule has 2 aromatic rings. The van der Waals surface area contributed by atoms with Crippen LogP contribution in [0.3, 0.4) is 0 Å². The number of amides is 2. The highest BCUT2D eigenvalue weighted by Gasteiger charge is 2.33. The van der Waals surface area contributed by atoms with E-state index in [1.54, 1.807) is 23.3 Å². The largest absolute Gasteiger partial charge is 0.497 e. The third-order valence-corrected chi connectivity index (χ3v) is 6.48. The van der Waals surface area contributed by atoms with Gasteiger partial charge in [-0.1, -0.05) is 32.4 Å². The second-order valence-corrected chi connectivity index (χ2v) is 8.34. The van der Waals surface area contributed by atoms with Crippen LogP contribution in [0.1, 0.15) is 55.2 Å². The van der Waals surface area contributed by atoms with Gasteiger partial charge in [0.15, 0.2) is 0 Å². The van der Waals surface area contributed by atoms with Crippen LogP contribution >= 0.6 is 11.3 Å². The van der Waals surface area contributed by atoms with Gasteiger partial charge in [-0.25, -0.2) is 0 Å². The zero-order valence-corrected chi connectivity index (χ0v) is 18.3. The van der Waals surface area contributed by atoms with Crippen molar-refractivity contribution in [3.05, 3.63) is 51.7 Å². The molecule has 1 aliphatic rings. The number of fused-ring (bicyclic) bond motifs is 1. The highest BCUT2D eigenvalue weighted by Crippen LogP contribution is 2.38. The van der Waals surface area contributed by atoms with Crippen LogP contribution in [0.2, 0.25) is 0 Å². The number of thiophene rings is 1. The highest BCUT2D eigenvalue weighted by molar-refractivity contribution is 7.10. The van der Waals surface area contributed by atoms with Gasteiger partial charge in [0.05, 0.1) is 19.7 Å². The molecule has 29 heavy (non-hydrogen) atoms. The third kappa shape index (κ3) is 4.81. The molecule has 0 fully saturated rings. The molecule has 0 unspecified atom stereocenters. The molecule has 0 radical (unpaired) electrons.